The van der Waals surface area contributed by atoms with E-state index >= 15 is 0 Å². The molecule has 1 aliphatic carbocycles. The van der Waals surface area contributed by atoms with Crippen LogP contribution in [0.5, 0.6) is 0 Å². The van der Waals surface area contributed by atoms with Crippen LogP contribution < -0.4 is 10.0 Å². The summed E-state index contributed by atoms with van der Waals surface area (Å²) in [6, 6.07) is 11.0. The maximum absolute atomic E-state index is 13.6. The zero-order valence-electron chi connectivity index (χ0n) is 15.2. The molecule has 7 heteroatoms. The van der Waals surface area contributed by atoms with Gasteiger partial charge in [0.1, 0.15) is 0 Å². The van der Waals surface area contributed by atoms with Crippen LogP contribution in [0.1, 0.15) is 17.5 Å². The number of benzene rings is 2. The number of hydrogen-bond acceptors (Lipinski definition) is 3. The molecule has 144 valence electrons. The molecule has 2 atom stereocenters. The highest BCUT2D eigenvalue weighted by molar-refractivity contribution is 7.93. The van der Waals surface area contributed by atoms with E-state index < -0.39 is 27.9 Å². The lowest BCUT2D eigenvalue weighted by Crippen LogP contribution is -2.45. The van der Waals surface area contributed by atoms with Crippen molar-refractivity contribution >= 4 is 38.8 Å². The first-order valence-electron chi connectivity index (χ1n) is 8.88. The predicted octanol–water partition coefficient (Wildman–Crippen LogP) is 3.67. The Kier molecular flexibility index (Phi) is 4.56. The molecule has 5 nitrogen and oxygen atoms in total. The Morgan fingerprint density at radius 3 is 2.57 bits per heavy atom. The van der Waals surface area contributed by atoms with Crippen molar-refractivity contribution in [2.75, 3.05) is 4.31 Å². The van der Waals surface area contributed by atoms with Gasteiger partial charge in [-0.2, -0.15) is 0 Å². The summed E-state index contributed by atoms with van der Waals surface area (Å²) in [6.45, 7) is 1.89. The molecule has 0 saturated carbocycles. The summed E-state index contributed by atoms with van der Waals surface area (Å²) in [5.74, 6) is -1.35. The number of anilines is 1. The fourth-order valence-corrected chi connectivity index (χ4v) is 5.66. The van der Waals surface area contributed by atoms with Crippen LogP contribution in [0.15, 0.2) is 65.6 Å². The number of halogens is 1. The number of hydrogen-bond donors (Lipinski definition) is 1. The van der Waals surface area contributed by atoms with Gasteiger partial charge in [-0.15, -0.1) is 0 Å². The van der Waals surface area contributed by atoms with Gasteiger partial charge in [0.05, 0.1) is 22.5 Å². The lowest BCUT2D eigenvalue weighted by molar-refractivity contribution is -0.120. The second-order valence-electron chi connectivity index (χ2n) is 6.97. The highest BCUT2D eigenvalue weighted by atomic mass is 35.5. The zero-order valence-corrected chi connectivity index (χ0v) is 16.7. The number of aryl methyl sites for hydroxylation is 1. The topological polar surface area (TPSA) is 80.5 Å². The standard InChI is InChI=1S/C21H19ClN2O3S/c1-13-6-9-15(10-7-13)28(26,27)24-19-11-8-14(22)12-18(19)16-4-2-3-5-17(20(16)24)21(23)25/h3-12,17,20H,2H2,1H3,(H2,23,25)/t17-,20+/m0/s1. The Morgan fingerprint density at radius 1 is 1.18 bits per heavy atom. The Hall–Kier alpha value is -2.57. The van der Waals surface area contributed by atoms with E-state index in [-0.39, 0.29) is 4.90 Å². The normalized spacial score (nSPS) is 20.9. The number of primary amides is 1. The summed E-state index contributed by atoms with van der Waals surface area (Å²) in [5.41, 5.74) is 8.58. The number of amides is 1. The van der Waals surface area contributed by atoms with E-state index in [4.69, 9.17) is 17.3 Å². The second kappa shape index (κ2) is 6.79. The molecule has 2 aromatic carbocycles. The lowest BCUT2D eigenvalue weighted by atomic mass is 9.92. The van der Waals surface area contributed by atoms with Crippen molar-refractivity contribution in [1.82, 2.24) is 0 Å². The molecule has 4 rings (SSSR count). The van der Waals surface area contributed by atoms with E-state index in [0.717, 1.165) is 11.1 Å². The largest absolute Gasteiger partial charge is 0.369 e. The smallest absolute Gasteiger partial charge is 0.264 e. The number of sulfonamides is 1. The van der Waals surface area contributed by atoms with Crippen LogP contribution in [0.4, 0.5) is 5.69 Å². The number of nitrogens with zero attached hydrogens (tertiary/aromatic N) is 1. The van der Waals surface area contributed by atoms with E-state index in [0.29, 0.717) is 22.7 Å². The van der Waals surface area contributed by atoms with Crippen LogP contribution in [0.2, 0.25) is 5.02 Å². The highest BCUT2D eigenvalue weighted by Crippen LogP contribution is 2.48. The van der Waals surface area contributed by atoms with Gasteiger partial charge < -0.3 is 5.73 Å². The lowest BCUT2D eigenvalue weighted by Gasteiger charge is -2.30. The Labute approximate surface area is 169 Å². The summed E-state index contributed by atoms with van der Waals surface area (Å²) >= 11 is 6.19. The fourth-order valence-electron chi connectivity index (χ4n) is 3.82. The van der Waals surface area contributed by atoms with E-state index in [1.54, 1.807) is 48.5 Å². The predicted molar refractivity (Wildman–Crippen MR) is 111 cm³/mol. The number of fused-ring (bicyclic) bond motifs is 3. The maximum atomic E-state index is 13.6. The first-order valence-corrected chi connectivity index (χ1v) is 10.7. The van der Waals surface area contributed by atoms with Crippen LogP contribution in [0.3, 0.4) is 0 Å². The van der Waals surface area contributed by atoms with Crippen molar-refractivity contribution in [3.63, 3.8) is 0 Å². The molecule has 0 bridgehead atoms. The van der Waals surface area contributed by atoms with Crippen molar-refractivity contribution in [2.45, 2.75) is 24.3 Å². The van der Waals surface area contributed by atoms with Crippen LogP contribution in [-0.4, -0.2) is 20.4 Å². The van der Waals surface area contributed by atoms with E-state index in [1.165, 1.54) is 4.31 Å². The van der Waals surface area contributed by atoms with Gasteiger partial charge in [0.2, 0.25) is 5.91 Å². The Bertz CT molecular complexity index is 1120. The summed E-state index contributed by atoms with van der Waals surface area (Å²) in [6.07, 6.45) is 6.05. The van der Waals surface area contributed by atoms with Crippen molar-refractivity contribution in [3.05, 3.63) is 76.8 Å². The van der Waals surface area contributed by atoms with Gasteiger partial charge in [-0.3, -0.25) is 9.10 Å². The third-order valence-electron chi connectivity index (χ3n) is 5.14. The van der Waals surface area contributed by atoms with Crippen LogP contribution >= 0.6 is 11.6 Å². The van der Waals surface area contributed by atoms with Crippen molar-refractivity contribution in [2.24, 2.45) is 11.7 Å². The molecule has 1 aliphatic heterocycles. The Morgan fingerprint density at radius 2 is 1.89 bits per heavy atom. The van der Waals surface area contributed by atoms with Gasteiger partial charge >= 0.3 is 0 Å². The highest BCUT2D eigenvalue weighted by Gasteiger charge is 2.46. The van der Waals surface area contributed by atoms with Crippen molar-refractivity contribution < 1.29 is 13.2 Å². The molecule has 0 fully saturated rings. The van der Waals surface area contributed by atoms with Crippen molar-refractivity contribution in [1.29, 1.82) is 0 Å². The van der Waals surface area contributed by atoms with Gasteiger partial charge in [0, 0.05) is 10.6 Å². The van der Waals surface area contributed by atoms with Crippen molar-refractivity contribution in [3.8, 4) is 0 Å². The third-order valence-corrected chi connectivity index (χ3v) is 7.19. The molecular weight excluding hydrogens is 396 g/mol. The minimum absolute atomic E-state index is 0.164. The van der Waals surface area contributed by atoms with Gasteiger partial charge in [0.15, 0.2) is 0 Å². The molecule has 2 aliphatic rings. The molecule has 0 radical (unpaired) electrons. The first-order chi connectivity index (χ1) is 13.3. The zero-order chi connectivity index (χ0) is 20.1. The second-order valence-corrected chi connectivity index (χ2v) is 9.22. The SMILES string of the molecule is Cc1ccc(S(=O)(=O)N2c3ccc(Cl)cc3C3=CCC=C[C@H](C(N)=O)[C@@H]32)cc1. The Balaban J connectivity index is 1.97. The minimum Gasteiger partial charge on any atom is -0.369 e. The van der Waals surface area contributed by atoms with E-state index in [1.807, 2.05) is 19.1 Å². The molecule has 1 heterocycles. The molecular formula is C21H19ClN2O3S. The van der Waals surface area contributed by atoms with E-state index in [2.05, 4.69) is 0 Å². The summed E-state index contributed by atoms with van der Waals surface area (Å²) in [5, 5.41) is 0.501. The average Bonchev–Trinajstić information content (AvgIpc) is 2.81. The monoisotopic (exact) mass is 414 g/mol. The number of nitrogens with two attached hydrogens (primary N) is 1. The van der Waals surface area contributed by atoms with Gasteiger partial charge in [0.25, 0.3) is 10.0 Å². The quantitative estimate of drug-likeness (QED) is 0.778. The molecule has 0 aromatic heterocycles. The van der Waals surface area contributed by atoms with Crippen LogP contribution in [0, 0.1) is 12.8 Å². The van der Waals surface area contributed by atoms with Crippen LogP contribution in [-0.2, 0) is 14.8 Å². The van der Waals surface area contributed by atoms with Gasteiger partial charge in [-0.05, 0) is 49.2 Å². The third kappa shape index (κ3) is 2.93. The maximum Gasteiger partial charge on any atom is 0.264 e. The number of allylic oxidation sites excluding steroid dienone is 2. The number of carbonyl (C=O) groups excluding carboxylic acids is 1. The average molecular weight is 415 g/mol. The van der Waals surface area contributed by atoms with E-state index in [9.17, 15) is 13.2 Å². The number of rotatable bonds is 3. The molecule has 2 N–H and O–H groups in total. The van der Waals surface area contributed by atoms with Gasteiger partial charge in [-0.25, -0.2) is 8.42 Å². The molecule has 2 aromatic rings. The fraction of sp³-hybridized carbons (Fsp3) is 0.190. The van der Waals surface area contributed by atoms with Crippen LogP contribution in [0.25, 0.3) is 5.57 Å². The molecule has 0 unspecified atom stereocenters. The summed E-state index contributed by atoms with van der Waals surface area (Å²) in [7, 11) is -3.93. The minimum atomic E-state index is -3.93. The molecule has 1 amide bonds. The summed E-state index contributed by atoms with van der Waals surface area (Å²) < 4.78 is 28.6. The molecule has 0 spiro atoms. The van der Waals surface area contributed by atoms with Gasteiger partial charge in [-0.1, -0.05) is 47.5 Å². The summed E-state index contributed by atoms with van der Waals surface area (Å²) in [4.78, 5) is 12.4. The molecule has 28 heavy (non-hydrogen) atoms. The first kappa shape index (κ1) is 18.8. The molecule has 0 saturated heterocycles. The number of carbonyl (C=O) groups is 1.